The third kappa shape index (κ3) is 2.38. The number of rotatable bonds is 2. The molecule has 2 N–H and O–H groups in total. The van der Waals surface area contributed by atoms with Gasteiger partial charge in [-0.15, -0.1) is 0 Å². The van der Waals surface area contributed by atoms with Gasteiger partial charge in [0.25, 0.3) is 0 Å². The van der Waals surface area contributed by atoms with Crippen LogP contribution in [0.25, 0.3) is 0 Å². The van der Waals surface area contributed by atoms with Crippen LogP contribution < -0.4 is 5.73 Å². The van der Waals surface area contributed by atoms with E-state index in [9.17, 15) is 0 Å². The Kier molecular flexibility index (Phi) is 3.07. The van der Waals surface area contributed by atoms with Gasteiger partial charge in [0, 0.05) is 5.92 Å². The molecule has 2 heterocycles. The van der Waals surface area contributed by atoms with Crippen molar-refractivity contribution in [2.75, 3.05) is 20.1 Å². The van der Waals surface area contributed by atoms with Gasteiger partial charge in [0.2, 0.25) is 0 Å². The average molecular weight is 209 g/mol. The highest BCUT2D eigenvalue weighted by Crippen LogP contribution is 2.27. The number of nitrogens with two attached hydrogens (primary N) is 1. The van der Waals surface area contributed by atoms with Crippen molar-refractivity contribution in [1.29, 1.82) is 0 Å². The van der Waals surface area contributed by atoms with Crippen molar-refractivity contribution in [2.45, 2.75) is 31.7 Å². The molecule has 1 aliphatic heterocycles. The van der Waals surface area contributed by atoms with Gasteiger partial charge in [-0.05, 0) is 39.9 Å². The summed E-state index contributed by atoms with van der Waals surface area (Å²) in [5.41, 5.74) is 5.74. The Labute approximate surface area is 90.5 Å². The van der Waals surface area contributed by atoms with Crippen LogP contribution in [0.5, 0.6) is 0 Å². The molecule has 0 aliphatic carbocycles. The zero-order chi connectivity index (χ0) is 10.8. The Hall–Kier alpha value is -0.870. The normalized spacial score (nSPS) is 21.8. The van der Waals surface area contributed by atoms with E-state index in [2.05, 4.69) is 16.9 Å². The fourth-order valence-corrected chi connectivity index (χ4v) is 1.96. The lowest BCUT2D eigenvalue weighted by Crippen LogP contribution is -2.29. The third-order valence-electron chi connectivity index (χ3n) is 3.06. The summed E-state index contributed by atoms with van der Waals surface area (Å²) in [5.74, 6) is 2.15. The number of hydrogen-bond acceptors (Lipinski definition) is 4. The number of likely N-dealkylation sites (tertiary alicyclic amines) is 1. The summed E-state index contributed by atoms with van der Waals surface area (Å²) in [7, 11) is 2.15. The van der Waals surface area contributed by atoms with Gasteiger partial charge in [0.15, 0.2) is 5.89 Å². The molecule has 4 nitrogen and oxygen atoms in total. The maximum Gasteiger partial charge on any atom is 0.197 e. The lowest BCUT2D eigenvalue weighted by Gasteiger charge is -2.26. The second-order valence-corrected chi connectivity index (χ2v) is 4.47. The Morgan fingerprint density at radius 2 is 2.20 bits per heavy atom. The van der Waals surface area contributed by atoms with E-state index in [1.165, 1.54) is 0 Å². The minimum atomic E-state index is -0.0579. The minimum Gasteiger partial charge on any atom is -0.444 e. The van der Waals surface area contributed by atoms with Crippen LogP contribution in [-0.2, 0) is 0 Å². The minimum absolute atomic E-state index is 0.0579. The summed E-state index contributed by atoms with van der Waals surface area (Å²) < 4.78 is 5.67. The van der Waals surface area contributed by atoms with E-state index in [4.69, 9.17) is 10.2 Å². The van der Waals surface area contributed by atoms with Gasteiger partial charge in [0.1, 0.15) is 5.76 Å². The first-order valence-electron chi connectivity index (χ1n) is 5.56. The fourth-order valence-electron chi connectivity index (χ4n) is 1.96. The lowest BCUT2D eigenvalue weighted by molar-refractivity contribution is 0.234. The van der Waals surface area contributed by atoms with Crippen molar-refractivity contribution in [1.82, 2.24) is 9.88 Å². The Morgan fingerprint density at radius 3 is 2.73 bits per heavy atom. The molecule has 4 heteroatoms. The zero-order valence-corrected chi connectivity index (χ0v) is 9.44. The summed E-state index contributed by atoms with van der Waals surface area (Å²) in [6.07, 6.45) is 4.03. The summed E-state index contributed by atoms with van der Waals surface area (Å²) in [6, 6.07) is -0.0579. The van der Waals surface area contributed by atoms with Crippen LogP contribution in [-0.4, -0.2) is 30.0 Å². The monoisotopic (exact) mass is 209 g/mol. The van der Waals surface area contributed by atoms with Gasteiger partial charge in [-0.25, -0.2) is 4.98 Å². The van der Waals surface area contributed by atoms with Crippen molar-refractivity contribution in [3.63, 3.8) is 0 Å². The average Bonchev–Trinajstić information content (AvgIpc) is 2.68. The Balaban J connectivity index is 2.03. The van der Waals surface area contributed by atoms with Gasteiger partial charge in [-0.1, -0.05) is 0 Å². The SMILES string of the molecule is CC(N)c1cnc(C2CCN(C)CC2)o1. The zero-order valence-electron chi connectivity index (χ0n) is 9.44. The van der Waals surface area contributed by atoms with E-state index in [0.29, 0.717) is 5.92 Å². The maximum atomic E-state index is 5.74. The van der Waals surface area contributed by atoms with E-state index < -0.39 is 0 Å². The van der Waals surface area contributed by atoms with Crippen LogP contribution in [0.2, 0.25) is 0 Å². The van der Waals surface area contributed by atoms with Gasteiger partial charge in [0.05, 0.1) is 12.2 Å². The van der Waals surface area contributed by atoms with Crippen LogP contribution in [0.1, 0.15) is 43.4 Å². The van der Waals surface area contributed by atoms with Crippen LogP contribution in [0.15, 0.2) is 10.6 Å². The number of piperidine rings is 1. The van der Waals surface area contributed by atoms with E-state index in [-0.39, 0.29) is 6.04 Å². The van der Waals surface area contributed by atoms with Crippen molar-refractivity contribution in [2.24, 2.45) is 5.73 Å². The molecule has 0 bridgehead atoms. The molecule has 1 aliphatic rings. The second-order valence-electron chi connectivity index (χ2n) is 4.47. The Morgan fingerprint density at radius 1 is 1.53 bits per heavy atom. The van der Waals surface area contributed by atoms with Crippen LogP contribution in [0.3, 0.4) is 0 Å². The predicted molar refractivity (Wildman–Crippen MR) is 58.6 cm³/mol. The van der Waals surface area contributed by atoms with Crippen molar-refractivity contribution >= 4 is 0 Å². The summed E-state index contributed by atoms with van der Waals surface area (Å²) >= 11 is 0. The van der Waals surface area contributed by atoms with Gasteiger partial charge in [-0.2, -0.15) is 0 Å². The highest BCUT2D eigenvalue weighted by molar-refractivity contribution is 5.03. The first kappa shape index (κ1) is 10.6. The molecular formula is C11H19N3O. The molecule has 1 fully saturated rings. The number of hydrogen-bond donors (Lipinski definition) is 1. The second kappa shape index (κ2) is 4.33. The van der Waals surface area contributed by atoms with E-state index in [1.54, 1.807) is 6.20 Å². The van der Waals surface area contributed by atoms with Crippen molar-refractivity contribution < 1.29 is 4.42 Å². The maximum absolute atomic E-state index is 5.74. The predicted octanol–water partition coefficient (Wildman–Crippen LogP) is 1.50. The third-order valence-corrected chi connectivity index (χ3v) is 3.06. The van der Waals surface area contributed by atoms with Crippen molar-refractivity contribution in [3.05, 3.63) is 17.8 Å². The molecule has 15 heavy (non-hydrogen) atoms. The summed E-state index contributed by atoms with van der Waals surface area (Å²) in [5, 5.41) is 0. The number of aromatic nitrogens is 1. The van der Waals surface area contributed by atoms with Crippen LogP contribution in [0, 0.1) is 0 Å². The van der Waals surface area contributed by atoms with E-state index in [1.807, 2.05) is 6.92 Å². The summed E-state index contributed by atoms with van der Waals surface area (Å²) in [6.45, 7) is 4.17. The molecule has 0 aromatic carbocycles. The largest absolute Gasteiger partial charge is 0.444 e. The highest BCUT2D eigenvalue weighted by Gasteiger charge is 2.22. The highest BCUT2D eigenvalue weighted by atomic mass is 16.4. The lowest BCUT2D eigenvalue weighted by atomic mass is 9.97. The van der Waals surface area contributed by atoms with Gasteiger partial charge in [-0.3, -0.25) is 0 Å². The number of nitrogens with zero attached hydrogens (tertiary/aromatic N) is 2. The quantitative estimate of drug-likeness (QED) is 0.802. The first-order chi connectivity index (χ1) is 7.16. The number of oxazole rings is 1. The van der Waals surface area contributed by atoms with Gasteiger partial charge >= 0.3 is 0 Å². The molecule has 84 valence electrons. The molecule has 1 saturated heterocycles. The molecule has 1 atom stereocenters. The molecular weight excluding hydrogens is 190 g/mol. The molecule has 1 aromatic rings. The molecule has 0 saturated carbocycles. The fraction of sp³-hybridized carbons (Fsp3) is 0.727. The van der Waals surface area contributed by atoms with Gasteiger partial charge < -0.3 is 15.1 Å². The molecule has 2 rings (SSSR count). The Bertz CT molecular complexity index is 313. The standard InChI is InChI=1S/C11H19N3O/c1-8(12)10-7-13-11(15-10)9-3-5-14(2)6-4-9/h7-9H,3-6,12H2,1-2H3. The van der Waals surface area contributed by atoms with E-state index >= 15 is 0 Å². The van der Waals surface area contributed by atoms with Crippen LogP contribution >= 0.6 is 0 Å². The smallest absolute Gasteiger partial charge is 0.197 e. The first-order valence-corrected chi connectivity index (χ1v) is 5.56. The van der Waals surface area contributed by atoms with Crippen LogP contribution in [0.4, 0.5) is 0 Å². The summed E-state index contributed by atoms with van der Waals surface area (Å²) in [4.78, 5) is 6.66. The molecule has 0 spiro atoms. The topological polar surface area (TPSA) is 55.3 Å². The van der Waals surface area contributed by atoms with Crippen molar-refractivity contribution in [3.8, 4) is 0 Å². The molecule has 0 radical (unpaired) electrons. The molecule has 1 aromatic heterocycles. The van der Waals surface area contributed by atoms with E-state index in [0.717, 1.165) is 37.6 Å². The molecule has 0 amide bonds. The molecule has 1 unspecified atom stereocenters.